The first kappa shape index (κ1) is 15.0. The largest absolute Gasteiger partial charge is 0.388 e. The molecule has 1 unspecified atom stereocenters. The number of aliphatic hydroxyl groups is 1. The summed E-state index contributed by atoms with van der Waals surface area (Å²) in [5.74, 6) is 0. The van der Waals surface area contributed by atoms with Crippen LogP contribution >= 0.6 is 11.6 Å². The second-order valence-corrected chi connectivity index (χ2v) is 6.43. The van der Waals surface area contributed by atoms with Crippen molar-refractivity contribution >= 4 is 11.6 Å². The summed E-state index contributed by atoms with van der Waals surface area (Å²) in [5, 5.41) is 15.6. The van der Waals surface area contributed by atoms with Crippen LogP contribution in [-0.4, -0.2) is 25.5 Å². The lowest BCUT2D eigenvalue weighted by Gasteiger charge is -2.40. The quantitative estimate of drug-likeness (QED) is 0.922. The first-order valence-corrected chi connectivity index (χ1v) is 6.98. The molecule has 0 saturated heterocycles. The van der Waals surface area contributed by atoms with Gasteiger partial charge < -0.3 is 5.11 Å². The normalized spacial score (nSPS) is 15.1. The summed E-state index contributed by atoms with van der Waals surface area (Å²) < 4.78 is 1.65. The van der Waals surface area contributed by atoms with Crippen LogP contribution in [0.1, 0.15) is 26.3 Å². The number of hydrogen-bond acceptors (Lipinski definition) is 3. The molecule has 0 saturated carbocycles. The van der Waals surface area contributed by atoms with Gasteiger partial charge in [-0.2, -0.15) is 5.10 Å². The molecule has 0 spiro atoms. The van der Waals surface area contributed by atoms with Gasteiger partial charge in [0.2, 0.25) is 0 Å². The number of nitrogens with zero attached hydrogens (tertiary/aromatic N) is 3. The van der Waals surface area contributed by atoms with Crippen LogP contribution in [0, 0.1) is 5.41 Å². The lowest BCUT2D eigenvalue weighted by Crippen LogP contribution is -2.46. The number of hydrogen-bond donors (Lipinski definition) is 1. The van der Waals surface area contributed by atoms with E-state index < -0.39 is 5.60 Å². The molecule has 108 valence electrons. The Morgan fingerprint density at radius 1 is 1.25 bits per heavy atom. The van der Waals surface area contributed by atoms with E-state index in [1.54, 1.807) is 11.0 Å². The van der Waals surface area contributed by atoms with Crippen LogP contribution in [0.25, 0.3) is 0 Å². The maximum absolute atomic E-state index is 10.8. The average molecular weight is 294 g/mol. The van der Waals surface area contributed by atoms with E-state index in [2.05, 4.69) is 10.1 Å². The second kappa shape index (κ2) is 5.54. The van der Waals surface area contributed by atoms with Crippen molar-refractivity contribution in [3.63, 3.8) is 0 Å². The molecular weight excluding hydrogens is 274 g/mol. The molecular formula is C15H20ClN3O. The van der Waals surface area contributed by atoms with Gasteiger partial charge in [0.1, 0.15) is 12.7 Å². The van der Waals surface area contributed by atoms with Gasteiger partial charge in [-0.15, -0.1) is 0 Å². The molecule has 0 aliphatic heterocycles. The molecule has 1 aromatic heterocycles. The third-order valence-electron chi connectivity index (χ3n) is 3.98. The molecule has 2 aromatic rings. The zero-order valence-electron chi connectivity index (χ0n) is 12.0. The van der Waals surface area contributed by atoms with Crippen molar-refractivity contribution in [3.8, 4) is 0 Å². The first-order chi connectivity index (χ1) is 9.32. The lowest BCUT2D eigenvalue weighted by molar-refractivity contribution is -0.0665. The van der Waals surface area contributed by atoms with E-state index in [4.69, 9.17) is 11.6 Å². The minimum Gasteiger partial charge on any atom is -0.388 e. The van der Waals surface area contributed by atoms with Crippen molar-refractivity contribution in [2.75, 3.05) is 0 Å². The average Bonchev–Trinajstić information content (AvgIpc) is 2.83. The smallest absolute Gasteiger partial charge is 0.137 e. The molecule has 0 bridgehead atoms. The van der Waals surface area contributed by atoms with Crippen LogP contribution in [0.15, 0.2) is 36.9 Å². The van der Waals surface area contributed by atoms with E-state index in [-0.39, 0.29) is 5.41 Å². The SMILES string of the molecule is CC(C)(Cc1ccccc1Cl)C(C)(O)Cn1cncn1. The molecule has 0 amide bonds. The highest BCUT2D eigenvalue weighted by molar-refractivity contribution is 6.31. The monoisotopic (exact) mass is 293 g/mol. The molecule has 5 heteroatoms. The maximum atomic E-state index is 10.8. The summed E-state index contributed by atoms with van der Waals surface area (Å²) in [5.41, 5.74) is -0.248. The van der Waals surface area contributed by atoms with Gasteiger partial charge in [0.25, 0.3) is 0 Å². The zero-order valence-corrected chi connectivity index (χ0v) is 12.8. The molecule has 0 aliphatic carbocycles. The third kappa shape index (κ3) is 3.19. The van der Waals surface area contributed by atoms with Gasteiger partial charge in [0.05, 0.1) is 12.1 Å². The van der Waals surface area contributed by atoms with Crippen molar-refractivity contribution in [2.24, 2.45) is 5.41 Å². The fourth-order valence-corrected chi connectivity index (χ4v) is 2.35. The van der Waals surface area contributed by atoms with Gasteiger partial charge >= 0.3 is 0 Å². The lowest BCUT2D eigenvalue weighted by atomic mass is 9.72. The molecule has 0 aliphatic rings. The molecule has 20 heavy (non-hydrogen) atoms. The van der Waals surface area contributed by atoms with E-state index in [0.29, 0.717) is 13.0 Å². The van der Waals surface area contributed by atoms with E-state index in [9.17, 15) is 5.11 Å². The topological polar surface area (TPSA) is 50.9 Å². The molecule has 1 heterocycles. The Bertz CT molecular complexity index is 564. The van der Waals surface area contributed by atoms with Crippen molar-refractivity contribution in [1.82, 2.24) is 14.8 Å². The fourth-order valence-electron chi connectivity index (χ4n) is 2.15. The number of halogens is 1. The highest BCUT2D eigenvalue weighted by Gasteiger charge is 2.40. The number of aromatic nitrogens is 3. The Morgan fingerprint density at radius 2 is 1.95 bits per heavy atom. The highest BCUT2D eigenvalue weighted by atomic mass is 35.5. The van der Waals surface area contributed by atoms with Crippen molar-refractivity contribution in [3.05, 3.63) is 47.5 Å². The minimum atomic E-state index is -0.931. The number of benzene rings is 1. The van der Waals surface area contributed by atoms with Crippen molar-refractivity contribution in [2.45, 2.75) is 39.3 Å². The van der Waals surface area contributed by atoms with Gasteiger partial charge in [-0.25, -0.2) is 4.98 Å². The van der Waals surface area contributed by atoms with E-state index in [1.165, 1.54) is 6.33 Å². The Kier molecular flexibility index (Phi) is 4.16. The summed E-state index contributed by atoms with van der Waals surface area (Å²) in [4.78, 5) is 3.91. The standard InChI is InChI=1S/C15H20ClN3O/c1-14(2,8-12-6-4-5-7-13(12)16)15(3,20)9-19-11-17-10-18-19/h4-7,10-11,20H,8-9H2,1-3H3. The Balaban J connectivity index is 2.18. The van der Waals surface area contributed by atoms with Gasteiger partial charge in [0.15, 0.2) is 0 Å². The first-order valence-electron chi connectivity index (χ1n) is 6.60. The van der Waals surface area contributed by atoms with Crippen LogP contribution < -0.4 is 0 Å². The van der Waals surface area contributed by atoms with E-state index in [0.717, 1.165) is 10.6 Å². The Hall–Kier alpha value is -1.39. The molecule has 1 atom stereocenters. The Labute approximate surface area is 124 Å². The summed E-state index contributed by atoms with van der Waals surface area (Å²) in [6.45, 7) is 6.29. The molecule has 1 aromatic carbocycles. The summed E-state index contributed by atoms with van der Waals surface area (Å²) in [6, 6.07) is 7.74. The van der Waals surface area contributed by atoms with Gasteiger partial charge in [-0.1, -0.05) is 43.6 Å². The second-order valence-electron chi connectivity index (χ2n) is 6.02. The predicted molar refractivity (Wildman–Crippen MR) is 79.6 cm³/mol. The van der Waals surface area contributed by atoms with Crippen molar-refractivity contribution < 1.29 is 5.11 Å². The van der Waals surface area contributed by atoms with Gasteiger partial charge in [-0.3, -0.25) is 4.68 Å². The summed E-state index contributed by atoms with van der Waals surface area (Å²) in [7, 11) is 0. The van der Waals surface area contributed by atoms with Crippen LogP contribution in [0.5, 0.6) is 0 Å². The number of rotatable bonds is 5. The molecule has 2 rings (SSSR count). The Morgan fingerprint density at radius 3 is 2.55 bits per heavy atom. The molecule has 0 radical (unpaired) electrons. The highest BCUT2D eigenvalue weighted by Crippen LogP contribution is 2.37. The van der Waals surface area contributed by atoms with E-state index >= 15 is 0 Å². The molecule has 0 fully saturated rings. The van der Waals surface area contributed by atoms with Crippen LogP contribution in [0.2, 0.25) is 5.02 Å². The maximum Gasteiger partial charge on any atom is 0.137 e. The van der Waals surface area contributed by atoms with Crippen LogP contribution in [-0.2, 0) is 13.0 Å². The van der Waals surface area contributed by atoms with Gasteiger partial charge in [0, 0.05) is 5.02 Å². The van der Waals surface area contributed by atoms with Crippen molar-refractivity contribution in [1.29, 1.82) is 0 Å². The minimum absolute atomic E-state index is 0.357. The van der Waals surface area contributed by atoms with Crippen LogP contribution in [0.3, 0.4) is 0 Å². The van der Waals surface area contributed by atoms with E-state index in [1.807, 2.05) is 45.0 Å². The molecule has 1 N–H and O–H groups in total. The van der Waals surface area contributed by atoms with Crippen LogP contribution in [0.4, 0.5) is 0 Å². The zero-order chi connectivity index (χ0) is 14.8. The summed E-state index contributed by atoms with van der Waals surface area (Å²) >= 11 is 6.21. The predicted octanol–water partition coefficient (Wildman–Crippen LogP) is 2.95. The molecule has 4 nitrogen and oxygen atoms in total. The fraction of sp³-hybridized carbons (Fsp3) is 0.467. The third-order valence-corrected chi connectivity index (χ3v) is 4.35. The van der Waals surface area contributed by atoms with Gasteiger partial charge in [-0.05, 0) is 30.4 Å². The summed E-state index contributed by atoms with van der Waals surface area (Å²) in [6.07, 6.45) is 3.77.